The topological polar surface area (TPSA) is 99.3 Å². The van der Waals surface area contributed by atoms with E-state index in [9.17, 15) is 4.79 Å². The van der Waals surface area contributed by atoms with Crippen LogP contribution in [0.1, 0.15) is 29.1 Å². The fourth-order valence-corrected chi connectivity index (χ4v) is 3.72. The Morgan fingerprint density at radius 2 is 1.83 bits per heavy atom. The lowest BCUT2D eigenvalue weighted by atomic mass is 10.1. The Kier molecular flexibility index (Phi) is 4.55. The zero-order valence-electron chi connectivity index (χ0n) is 16.0. The Morgan fingerprint density at radius 1 is 1.07 bits per heavy atom. The molecule has 148 valence electrons. The van der Waals surface area contributed by atoms with Gasteiger partial charge < -0.3 is 10.3 Å². The standard InChI is InChI=1S/C22H17BrN6O/c1-12(13-2-4-15(23)5-3-13)25-22(30)21-26-18-10-16-17(11-19(18)27-21)28-29-20(16)14-6-8-24-9-7-14/h2-12H,1H3,(H,25,30)(H,26,27)(H,28,29). The number of hydrogen-bond acceptors (Lipinski definition) is 4. The van der Waals surface area contributed by atoms with Crippen molar-refractivity contribution in [2.75, 3.05) is 0 Å². The third-order valence-corrected chi connectivity index (χ3v) is 5.58. The molecule has 3 heterocycles. The minimum atomic E-state index is -0.252. The maximum atomic E-state index is 12.7. The number of rotatable bonds is 4. The fourth-order valence-electron chi connectivity index (χ4n) is 3.46. The Balaban J connectivity index is 1.45. The molecule has 0 aliphatic carbocycles. The van der Waals surface area contributed by atoms with Crippen LogP contribution in [0.5, 0.6) is 0 Å². The maximum absolute atomic E-state index is 12.7. The largest absolute Gasteiger partial charge is 0.343 e. The lowest BCUT2D eigenvalue weighted by Crippen LogP contribution is -2.27. The first-order chi connectivity index (χ1) is 14.6. The second kappa shape index (κ2) is 7.38. The number of fused-ring (bicyclic) bond motifs is 2. The van der Waals surface area contributed by atoms with E-state index < -0.39 is 0 Å². The number of nitrogens with one attached hydrogen (secondary N) is 3. The number of nitrogens with zero attached hydrogens (tertiary/aromatic N) is 3. The first-order valence-corrected chi connectivity index (χ1v) is 10.2. The molecule has 8 heteroatoms. The van der Waals surface area contributed by atoms with Crippen LogP contribution < -0.4 is 5.32 Å². The van der Waals surface area contributed by atoms with Gasteiger partial charge in [0, 0.05) is 27.8 Å². The van der Waals surface area contributed by atoms with Crippen LogP contribution >= 0.6 is 15.9 Å². The van der Waals surface area contributed by atoms with E-state index in [0.29, 0.717) is 5.52 Å². The fraction of sp³-hybridized carbons (Fsp3) is 0.0909. The smallest absolute Gasteiger partial charge is 0.287 e. The first kappa shape index (κ1) is 18.5. The second-order valence-corrected chi connectivity index (χ2v) is 7.97. The van der Waals surface area contributed by atoms with Gasteiger partial charge in [-0.05, 0) is 48.9 Å². The van der Waals surface area contributed by atoms with Gasteiger partial charge in [-0.3, -0.25) is 14.9 Å². The molecule has 0 radical (unpaired) electrons. The van der Waals surface area contributed by atoms with Crippen LogP contribution in [0.2, 0.25) is 0 Å². The van der Waals surface area contributed by atoms with Crippen molar-refractivity contribution in [3.05, 3.63) is 76.8 Å². The molecule has 0 aliphatic rings. The van der Waals surface area contributed by atoms with Gasteiger partial charge >= 0.3 is 0 Å². The number of hydrogen-bond donors (Lipinski definition) is 3. The van der Waals surface area contributed by atoms with Crippen LogP contribution in [0.25, 0.3) is 33.2 Å². The molecule has 30 heavy (non-hydrogen) atoms. The molecule has 5 rings (SSSR count). The maximum Gasteiger partial charge on any atom is 0.287 e. The zero-order valence-corrected chi connectivity index (χ0v) is 17.6. The van der Waals surface area contributed by atoms with E-state index >= 15 is 0 Å². The number of pyridine rings is 1. The van der Waals surface area contributed by atoms with Gasteiger partial charge in [0.1, 0.15) is 5.69 Å². The molecule has 0 aliphatic heterocycles. The van der Waals surface area contributed by atoms with E-state index in [2.05, 4.69) is 46.4 Å². The molecule has 3 N–H and O–H groups in total. The van der Waals surface area contributed by atoms with Crippen LogP contribution in [0.15, 0.2) is 65.4 Å². The van der Waals surface area contributed by atoms with Crippen LogP contribution in [0.3, 0.4) is 0 Å². The van der Waals surface area contributed by atoms with Crippen LogP contribution in [0, 0.1) is 0 Å². The van der Waals surface area contributed by atoms with Crippen molar-refractivity contribution >= 4 is 43.8 Å². The minimum absolute atomic E-state index is 0.143. The molecular formula is C22H17BrN6O. The predicted molar refractivity (Wildman–Crippen MR) is 119 cm³/mol. The number of amides is 1. The third-order valence-electron chi connectivity index (χ3n) is 5.05. The highest BCUT2D eigenvalue weighted by Crippen LogP contribution is 2.29. The second-order valence-electron chi connectivity index (χ2n) is 7.06. The number of H-pyrrole nitrogens is 2. The van der Waals surface area contributed by atoms with Gasteiger partial charge in [0.25, 0.3) is 5.91 Å². The Morgan fingerprint density at radius 3 is 2.60 bits per heavy atom. The van der Waals surface area contributed by atoms with Gasteiger partial charge in [-0.25, -0.2) is 4.98 Å². The summed E-state index contributed by atoms with van der Waals surface area (Å²) in [7, 11) is 0. The summed E-state index contributed by atoms with van der Waals surface area (Å²) in [5.74, 6) is 0.0257. The van der Waals surface area contributed by atoms with Gasteiger partial charge in [0.2, 0.25) is 0 Å². The average molecular weight is 461 g/mol. The number of carbonyl (C=O) groups excluding carboxylic acids is 1. The molecule has 0 saturated carbocycles. The third kappa shape index (κ3) is 3.35. The molecular weight excluding hydrogens is 444 g/mol. The number of aromatic amines is 2. The summed E-state index contributed by atoms with van der Waals surface area (Å²) in [4.78, 5) is 24.4. The van der Waals surface area contributed by atoms with Crippen LogP contribution in [-0.4, -0.2) is 31.1 Å². The zero-order chi connectivity index (χ0) is 20.7. The van der Waals surface area contributed by atoms with E-state index in [-0.39, 0.29) is 17.8 Å². The number of imidazole rings is 1. The van der Waals surface area contributed by atoms with E-state index in [1.165, 1.54) is 0 Å². The highest BCUT2D eigenvalue weighted by Gasteiger charge is 2.17. The monoisotopic (exact) mass is 460 g/mol. The van der Waals surface area contributed by atoms with Gasteiger partial charge in [-0.2, -0.15) is 5.10 Å². The van der Waals surface area contributed by atoms with Crippen molar-refractivity contribution in [1.29, 1.82) is 0 Å². The Bertz CT molecular complexity index is 1360. The molecule has 0 bridgehead atoms. The highest BCUT2D eigenvalue weighted by molar-refractivity contribution is 9.10. The molecule has 2 aromatic carbocycles. The summed E-state index contributed by atoms with van der Waals surface area (Å²) in [6, 6.07) is 15.4. The van der Waals surface area contributed by atoms with Crippen molar-refractivity contribution in [2.45, 2.75) is 13.0 Å². The Hall–Kier alpha value is -3.52. The SMILES string of the molecule is CC(NC(=O)c1nc2cc3c(-c4ccncc4)n[nH]c3cc2[nH]1)c1ccc(Br)cc1. The van der Waals surface area contributed by atoms with Gasteiger partial charge in [0.05, 0.1) is 22.6 Å². The van der Waals surface area contributed by atoms with E-state index in [4.69, 9.17) is 0 Å². The lowest BCUT2D eigenvalue weighted by molar-refractivity contribution is 0.0930. The minimum Gasteiger partial charge on any atom is -0.343 e. The van der Waals surface area contributed by atoms with Crippen molar-refractivity contribution in [1.82, 2.24) is 30.5 Å². The lowest BCUT2D eigenvalue weighted by Gasteiger charge is -2.13. The predicted octanol–water partition coefficient (Wildman–Crippen LogP) is 4.75. The highest BCUT2D eigenvalue weighted by atomic mass is 79.9. The van der Waals surface area contributed by atoms with Crippen molar-refractivity contribution in [3.63, 3.8) is 0 Å². The summed E-state index contributed by atoms with van der Waals surface area (Å²) in [6.07, 6.45) is 3.47. The quantitative estimate of drug-likeness (QED) is 0.360. The normalized spacial score (nSPS) is 12.3. The molecule has 1 amide bonds. The van der Waals surface area contributed by atoms with Crippen LogP contribution in [-0.2, 0) is 0 Å². The number of halogens is 1. The molecule has 1 unspecified atom stereocenters. The summed E-state index contributed by atoms with van der Waals surface area (Å²) >= 11 is 3.42. The number of carbonyl (C=O) groups is 1. The molecule has 0 fully saturated rings. The van der Waals surface area contributed by atoms with Crippen molar-refractivity contribution < 1.29 is 4.79 Å². The van der Waals surface area contributed by atoms with Crippen molar-refractivity contribution in [2.24, 2.45) is 0 Å². The van der Waals surface area contributed by atoms with E-state index in [0.717, 1.165) is 37.7 Å². The number of aromatic nitrogens is 5. The molecule has 7 nitrogen and oxygen atoms in total. The first-order valence-electron chi connectivity index (χ1n) is 9.43. The van der Waals surface area contributed by atoms with Gasteiger partial charge in [-0.15, -0.1) is 0 Å². The van der Waals surface area contributed by atoms with Gasteiger partial charge in [-0.1, -0.05) is 28.1 Å². The summed E-state index contributed by atoms with van der Waals surface area (Å²) in [5, 5.41) is 11.4. The van der Waals surface area contributed by atoms with E-state index in [1.54, 1.807) is 12.4 Å². The van der Waals surface area contributed by atoms with Crippen LogP contribution in [0.4, 0.5) is 0 Å². The van der Waals surface area contributed by atoms with Gasteiger partial charge in [0.15, 0.2) is 5.82 Å². The Labute approximate surface area is 180 Å². The molecule has 5 aromatic rings. The summed E-state index contributed by atoms with van der Waals surface area (Å²) < 4.78 is 0.999. The average Bonchev–Trinajstić information content (AvgIpc) is 3.36. The molecule has 0 spiro atoms. The molecule has 1 atom stereocenters. The summed E-state index contributed by atoms with van der Waals surface area (Å²) in [5.41, 5.74) is 5.16. The molecule has 0 saturated heterocycles. The molecule has 3 aromatic heterocycles. The summed E-state index contributed by atoms with van der Waals surface area (Å²) in [6.45, 7) is 1.94. The van der Waals surface area contributed by atoms with Crippen molar-refractivity contribution in [3.8, 4) is 11.3 Å². The van der Waals surface area contributed by atoms with E-state index in [1.807, 2.05) is 55.5 Å². The number of benzene rings is 2.